The molecule has 204 valence electrons. The number of aromatic hydroxyl groups is 1. The lowest BCUT2D eigenvalue weighted by Crippen LogP contribution is -2.23. The smallest absolute Gasteiger partial charge is 0.432 e. The molecule has 0 spiro atoms. The second kappa shape index (κ2) is 13.2. The number of unbranched alkanes of at least 4 members (excludes halogenated alkanes) is 2. The summed E-state index contributed by atoms with van der Waals surface area (Å²) in [5, 5.41) is 11.7. The van der Waals surface area contributed by atoms with E-state index in [4.69, 9.17) is 4.42 Å². The average molecular weight is 523 g/mol. The highest BCUT2D eigenvalue weighted by atomic mass is 16.5. The number of carbonyl (C=O) groups excluding carboxylic acids is 2. The molecule has 8 nitrogen and oxygen atoms in total. The minimum atomic E-state index is -0.825. The second-order valence-corrected chi connectivity index (χ2v) is 9.97. The van der Waals surface area contributed by atoms with E-state index in [9.17, 15) is 19.5 Å². The summed E-state index contributed by atoms with van der Waals surface area (Å²) in [7, 11) is 3.24. The molecule has 2 heterocycles. The molecule has 3 rings (SSSR count). The summed E-state index contributed by atoms with van der Waals surface area (Å²) in [5.41, 5.74) is 2.25. The van der Waals surface area contributed by atoms with Gasteiger partial charge in [0.25, 0.3) is 0 Å². The van der Waals surface area contributed by atoms with Gasteiger partial charge in [-0.3, -0.25) is 4.79 Å². The Hall–Kier alpha value is -3.68. The molecule has 38 heavy (non-hydrogen) atoms. The van der Waals surface area contributed by atoms with E-state index in [-0.39, 0.29) is 17.2 Å². The molecule has 3 aromatic rings. The normalized spacial score (nSPS) is 13.2. The van der Waals surface area contributed by atoms with E-state index in [1.165, 1.54) is 25.0 Å². The van der Waals surface area contributed by atoms with Crippen molar-refractivity contribution in [1.82, 2.24) is 4.57 Å². The van der Waals surface area contributed by atoms with E-state index in [2.05, 4.69) is 45.5 Å². The zero-order valence-electron chi connectivity index (χ0n) is 23.0. The van der Waals surface area contributed by atoms with Crippen molar-refractivity contribution in [3.63, 3.8) is 0 Å². The summed E-state index contributed by atoms with van der Waals surface area (Å²) in [4.78, 5) is 40.6. The van der Waals surface area contributed by atoms with Crippen LogP contribution in [0.1, 0.15) is 86.2 Å². The van der Waals surface area contributed by atoms with E-state index < -0.39 is 23.4 Å². The first-order valence-corrected chi connectivity index (χ1v) is 13.2. The fourth-order valence-corrected chi connectivity index (χ4v) is 4.66. The third-order valence-electron chi connectivity index (χ3n) is 7.01. The summed E-state index contributed by atoms with van der Waals surface area (Å²) in [6, 6.07) is 9.93. The van der Waals surface area contributed by atoms with Gasteiger partial charge in [-0.25, -0.2) is 9.59 Å². The molecule has 0 aliphatic carbocycles. The Bertz CT molecular complexity index is 1370. The van der Waals surface area contributed by atoms with Crippen LogP contribution >= 0.6 is 0 Å². The third-order valence-corrected chi connectivity index (χ3v) is 7.01. The molecule has 0 aliphatic rings. The van der Waals surface area contributed by atoms with Crippen molar-refractivity contribution in [2.45, 2.75) is 71.6 Å². The number of fused-ring (bicyclic) bond motifs is 1. The van der Waals surface area contributed by atoms with E-state index in [1.807, 2.05) is 14.0 Å². The van der Waals surface area contributed by atoms with Gasteiger partial charge in [-0.2, -0.15) is 4.99 Å². The lowest BCUT2D eigenvalue weighted by molar-refractivity contribution is 0.0920. The largest absolute Gasteiger partial charge is 0.507 e. The van der Waals surface area contributed by atoms with Crippen LogP contribution in [0.15, 0.2) is 44.5 Å². The second-order valence-electron chi connectivity index (χ2n) is 9.97. The van der Waals surface area contributed by atoms with Crippen molar-refractivity contribution in [1.29, 1.82) is 0 Å². The van der Waals surface area contributed by atoms with E-state index in [1.54, 1.807) is 6.92 Å². The molecule has 2 unspecified atom stereocenters. The number of amides is 1. The number of methoxy groups -OCH3 is 1. The van der Waals surface area contributed by atoms with Crippen molar-refractivity contribution in [3.8, 4) is 5.75 Å². The lowest BCUT2D eigenvalue weighted by atomic mass is 9.94. The van der Waals surface area contributed by atoms with Gasteiger partial charge in [-0.1, -0.05) is 33.3 Å². The monoisotopic (exact) mass is 522 g/mol. The molecule has 2 atom stereocenters. The first kappa shape index (κ1) is 28.9. The lowest BCUT2D eigenvalue weighted by Gasteiger charge is -2.14. The predicted molar refractivity (Wildman–Crippen MR) is 149 cm³/mol. The maximum Gasteiger partial charge on any atom is 0.432 e. The number of hydrogen-bond acceptors (Lipinski definition) is 6. The molecule has 0 radical (unpaired) electrons. The van der Waals surface area contributed by atoms with Crippen LogP contribution in [0.3, 0.4) is 0 Å². The number of ketones is 1. The van der Waals surface area contributed by atoms with Crippen LogP contribution in [0.25, 0.3) is 10.9 Å². The quantitative estimate of drug-likeness (QED) is 0.168. The van der Waals surface area contributed by atoms with Crippen LogP contribution in [-0.4, -0.2) is 34.9 Å². The number of carbonyl (C=O) groups is 2. The Morgan fingerprint density at radius 3 is 2.63 bits per heavy atom. The number of aryl methyl sites for hydroxylation is 2. The Morgan fingerprint density at radius 1 is 1.18 bits per heavy atom. The maximum atomic E-state index is 13.2. The molecule has 0 bridgehead atoms. The highest BCUT2D eigenvalue weighted by molar-refractivity contribution is 5.99. The number of benzene rings is 1. The Morgan fingerprint density at radius 2 is 1.95 bits per heavy atom. The summed E-state index contributed by atoms with van der Waals surface area (Å²) in [6.07, 6.45) is 6.47. The van der Waals surface area contributed by atoms with Gasteiger partial charge in [0.1, 0.15) is 17.1 Å². The predicted octanol–water partition coefficient (Wildman–Crippen LogP) is 6.35. The van der Waals surface area contributed by atoms with Crippen molar-refractivity contribution >= 4 is 29.0 Å². The number of aliphatic imine (C=N–C) groups is 1. The van der Waals surface area contributed by atoms with Crippen molar-refractivity contribution in [2.75, 3.05) is 7.11 Å². The topological polar surface area (TPSA) is 111 Å². The molecule has 2 aromatic heterocycles. The molecule has 0 saturated carbocycles. The molecular formula is C30H38N2O6. The summed E-state index contributed by atoms with van der Waals surface area (Å²) >= 11 is 0. The average Bonchev–Trinajstić information content (AvgIpc) is 3.20. The highest BCUT2D eigenvalue weighted by Crippen LogP contribution is 2.28. The van der Waals surface area contributed by atoms with Gasteiger partial charge in [-0.05, 0) is 62.3 Å². The number of hydrogen-bond donors (Lipinski definition) is 1. The Labute approximate surface area is 223 Å². The SMILES string of the molecule is CCCCc1ccc2c(c1)cc(CC(C)C(=O)c1c(O)cc(C(C)CCCC=NC(=O)OC)oc1=O)n2C. The number of aromatic nitrogens is 1. The Balaban J connectivity index is 1.69. The first-order valence-electron chi connectivity index (χ1n) is 13.2. The minimum absolute atomic E-state index is 0.167. The van der Waals surface area contributed by atoms with Crippen LogP contribution in [-0.2, 0) is 24.6 Å². The van der Waals surface area contributed by atoms with Gasteiger partial charge >= 0.3 is 11.7 Å². The third kappa shape index (κ3) is 7.00. The van der Waals surface area contributed by atoms with Gasteiger partial charge in [-0.15, -0.1) is 0 Å². The van der Waals surface area contributed by atoms with Crippen molar-refractivity contribution in [2.24, 2.45) is 18.0 Å². The fourth-order valence-electron chi connectivity index (χ4n) is 4.66. The molecule has 0 saturated heterocycles. The van der Waals surface area contributed by atoms with Crippen molar-refractivity contribution in [3.05, 3.63) is 63.3 Å². The van der Waals surface area contributed by atoms with E-state index in [0.717, 1.165) is 35.9 Å². The molecule has 8 heteroatoms. The zero-order chi connectivity index (χ0) is 27.8. The van der Waals surface area contributed by atoms with Crippen molar-refractivity contribution < 1.29 is 23.8 Å². The molecule has 1 N–H and O–H groups in total. The van der Waals surface area contributed by atoms with E-state index in [0.29, 0.717) is 31.4 Å². The first-order chi connectivity index (χ1) is 18.2. The summed E-state index contributed by atoms with van der Waals surface area (Å²) in [6.45, 7) is 5.81. The standard InChI is InChI=1S/C30H38N2O6/c1-6-7-11-21-12-13-24-22(16-21)17-23(32(24)4)15-20(3)28(34)27-25(33)18-26(38-29(27)35)19(2)10-8-9-14-31-30(36)37-5/h12-14,16-20,33H,6-11,15H2,1-5H3. The number of ether oxygens (including phenoxy) is 1. The Kier molecular flexibility index (Phi) is 10.0. The van der Waals surface area contributed by atoms with Gasteiger partial charge in [0.2, 0.25) is 0 Å². The zero-order valence-corrected chi connectivity index (χ0v) is 23.0. The number of nitrogens with zero attached hydrogens (tertiary/aromatic N) is 2. The van der Waals surface area contributed by atoms with E-state index >= 15 is 0 Å². The molecule has 0 aliphatic heterocycles. The highest BCUT2D eigenvalue weighted by Gasteiger charge is 2.26. The number of rotatable bonds is 12. The maximum absolute atomic E-state index is 13.2. The van der Waals surface area contributed by atoms with Crippen LogP contribution in [0.5, 0.6) is 5.75 Å². The number of Topliss-reactive ketones (excluding diaryl/α,β-unsaturated/α-hetero) is 1. The molecule has 1 aromatic carbocycles. The fraction of sp³-hybridized carbons (Fsp3) is 0.467. The van der Waals surface area contributed by atoms with Crippen LogP contribution < -0.4 is 5.63 Å². The van der Waals surface area contributed by atoms with Crippen LogP contribution in [0.4, 0.5) is 4.79 Å². The van der Waals surface area contributed by atoms with Gasteiger partial charge in [0.15, 0.2) is 5.78 Å². The molecule has 1 amide bonds. The summed E-state index contributed by atoms with van der Waals surface area (Å²) < 4.78 is 12.0. The van der Waals surface area contributed by atoms with Gasteiger partial charge < -0.3 is 18.8 Å². The van der Waals surface area contributed by atoms with Crippen LogP contribution in [0, 0.1) is 5.92 Å². The summed E-state index contributed by atoms with van der Waals surface area (Å²) in [5.74, 6) is -1.18. The minimum Gasteiger partial charge on any atom is -0.507 e. The molecule has 0 fully saturated rings. The molecular weight excluding hydrogens is 484 g/mol. The van der Waals surface area contributed by atoms with Gasteiger partial charge in [0, 0.05) is 47.8 Å². The van der Waals surface area contributed by atoms with Gasteiger partial charge in [0.05, 0.1) is 7.11 Å². The van der Waals surface area contributed by atoms with Crippen LogP contribution in [0.2, 0.25) is 0 Å².